The van der Waals surface area contributed by atoms with E-state index >= 15 is 0 Å². The highest BCUT2D eigenvalue weighted by molar-refractivity contribution is 7.94. The van der Waals surface area contributed by atoms with Crippen molar-refractivity contribution in [2.24, 2.45) is 5.73 Å². The Labute approximate surface area is 107 Å². The zero-order chi connectivity index (χ0) is 13.6. The normalized spacial score (nSPS) is 16.2. The number of esters is 1. The highest BCUT2D eigenvalue weighted by atomic mass is 32.2. The maximum atomic E-state index is 11.4. The third-order valence-corrected chi connectivity index (χ3v) is 3.10. The van der Waals surface area contributed by atoms with Crippen LogP contribution >= 0.6 is 0 Å². The largest absolute Gasteiger partial charge is 0.612 e. The van der Waals surface area contributed by atoms with Crippen LogP contribution in [-0.2, 0) is 20.7 Å². The summed E-state index contributed by atoms with van der Waals surface area (Å²) in [5.74, 6) is -0.343. The monoisotopic (exact) mass is 261 g/mol. The Kier molecular flexibility index (Phi) is 6.82. The molecule has 0 heterocycles. The molecule has 0 saturated carbocycles. The molecule has 0 aromatic carbocycles. The fourth-order valence-electron chi connectivity index (χ4n) is 0.979. The topological polar surface area (TPSA) is 75.4 Å². The van der Waals surface area contributed by atoms with Gasteiger partial charge < -0.3 is 15.0 Å². The van der Waals surface area contributed by atoms with Crippen molar-refractivity contribution in [2.45, 2.75) is 57.9 Å². The van der Waals surface area contributed by atoms with Crippen molar-refractivity contribution >= 4 is 17.1 Å². The summed E-state index contributed by atoms with van der Waals surface area (Å²) in [5, 5.41) is 1.60. The highest BCUT2D eigenvalue weighted by Gasteiger charge is 2.18. The lowest BCUT2D eigenvalue weighted by atomic mass is 10.2. The average molecular weight is 261 g/mol. The second kappa shape index (κ2) is 7.03. The summed E-state index contributed by atoms with van der Waals surface area (Å²) in [6.45, 7) is 9.14. The maximum Gasteiger partial charge on any atom is 0.308 e. The van der Waals surface area contributed by atoms with Gasteiger partial charge in [0.15, 0.2) is 0 Å². The highest BCUT2D eigenvalue weighted by Crippen LogP contribution is 2.09. The van der Waals surface area contributed by atoms with E-state index in [1.54, 1.807) is 32.3 Å². The van der Waals surface area contributed by atoms with Crippen LogP contribution < -0.4 is 5.73 Å². The number of nitrogens with two attached hydrogens (primary N) is 1. The molecule has 0 saturated heterocycles. The van der Waals surface area contributed by atoms with Crippen molar-refractivity contribution in [1.82, 2.24) is 0 Å². The standard InChI is InChI=1S/C12H23NO3S/c1-9(2)17(15)7-6-10(13)8-11(14)16-12(3,4)5/h6-7,9-10H,8,13H2,1-5H3/b7-6+. The van der Waals surface area contributed by atoms with Gasteiger partial charge in [-0.15, -0.1) is 0 Å². The van der Waals surface area contributed by atoms with Gasteiger partial charge >= 0.3 is 5.97 Å². The fraction of sp³-hybridized carbons (Fsp3) is 0.750. The van der Waals surface area contributed by atoms with Crippen LogP contribution in [0.1, 0.15) is 41.0 Å². The molecule has 0 rings (SSSR count). The molecule has 4 nitrogen and oxygen atoms in total. The number of carbonyl (C=O) groups is 1. The Balaban J connectivity index is 4.10. The Bertz CT molecular complexity index is 271. The first-order valence-corrected chi connectivity index (χ1v) is 6.94. The summed E-state index contributed by atoms with van der Waals surface area (Å²) in [5.41, 5.74) is 5.22. The molecule has 0 spiro atoms. The summed E-state index contributed by atoms with van der Waals surface area (Å²) in [4.78, 5) is 11.4. The number of hydrogen-bond acceptors (Lipinski definition) is 4. The second-order valence-corrected chi connectivity index (χ2v) is 7.03. The Hall–Kier alpha value is -0.520. The van der Waals surface area contributed by atoms with E-state index in [0.717, 1.165) is 0 Å². The minimum Gasteiger partial charge on any atom is -0.612 e. The third kappa shape index (κ3) is 9.21. The fourth-order valence-corrected chi connectivity index (χ4v) is 1.65. The van der Waals surface area contributed by atoms with Crippen LogP contribution in [0, 0.1) is 0 Å². The molecular formula is C12H23NO3S. The van der Waals surface area contributed by atoms with Gasteiger partial charge in [0.05, 0.1) is 6.42 Å². The zero-order valence-corrected chi connectivity index (χ0v) is 12.0. The van der Waals surface area contributed by atoms with Crippen molar-refractivity contribution in [3.05, 3.63) is 11.5 Å². The van der Waals surface area contributed by atoms with Gasteiger partial charge in [0.1, 0.15) is 16.3 Å². The van der Waals surface area contributed by atoms with E-state index in [2.05, 4.69) is 0 Å². The molecule has 2 unspecified atom stereocenters. The summed E-state index contributed by atoms with van der Waals surface area (Å²) in [6, 6.07) is -0.451. The van der Waals surface area contributed by atoms with E-state index in [0.29, 0.717) is 0 Å². The van der Waals surface area contributed by atoms with Gasteiger partial charge in [-0.1, -0.05) is 0 Å². The minimum absolute atomic E-state index is 0.0555. The minimum atomic E-state index is -1.04. The van der Waals surface area contributed by atoms with E-state index in [-0.39, 0.29) is 17.6 Å². The van der Waals surface area contributed by atoms with Crippen LogP contribution in [0.2, 0.25) is 0 Å². The molecule has 2 N–H and O–H groups in total. The second-order valence-electron chi connectivity index (χ2n) is 5.16. The van der Waals surface area contributed by atoms with E-state index in [4.69, 9.17) is 10.5 Å². The first kappa shape index (κ1) is 16.5. The predicted molar refractivity (Wildman–Crippen MR) is 70.9 cm³/mol. The molecule has 0 fully saturated rings. The van der Waals surface area contributed by atoms with Crippen molar-refractivity contribution in [3.8, 4) is 0 Å². The molecular weight excluding hydrogens is 238 g/mol. The van der Waals surface area contributed by atoms with Crippen molar-refractivity contribution in [3.63, 3.8) is 0 Å². The van der Waals surface area contributed by atoms with E-state index in [9.17, 15) is 9.35 Å². The molecule has 5 heteroatoms. The molecule has 0 amide bonds. The zero-order valence-electron chi connectivity index (χ0n) is 11.2. The lowest BCUT2D eigenvalue weighted by molar-refractivity contribution is -0.154. The van der Waals surface area contributed by atoms with Gasteiger partial charge in [0, 0.05) is 6.04 Å². The van der Waals surface area contributed by atoms with E-state index in [1.807, 2.05) is 13.8 Å². The molecule has 2 atom stereocenters. The van der Waals surface area contributed by atoms with Crippen LogP contribution in [0.3, 0.4) is 0 Å². The Morgan fingerprint density at radius 1 is 1.47 bits per heavy atom. The van der Waals surface area contributed by atoms with Gasteiger partial charge in [-0.3, -0.25) is 4.79 Å². The number of rotatable bonds is 5. The summed E-state index contributed by atoms with van der Waals surface area (Å²) >= 11 is -1.04. The molecule has 0 bridgehead atoms. The van der Waals surface area contributed by atoms with Crippen LogP contribution in [0.5, 0.6) is 0 Å². The number of carbonyl (C=O) groups excluding carboxylic acids is 1. The molecule has 0 aromatic rings. The molecule has 0 aromatic heterocycles. The molecule has 0 aliphatic carbocycles. The quantitative estimate of drug-likeness (QED) is 0.604. The SMILES string of the molecule is CC(C)[S+]([O-])/C=C/C(N)CC(=O)OC(C)(C)C. The first-order valence-electron chi connectivity index (χ1n) is 5.67. The Morgan fingerprint density at radius 3 is 2.41 bits per heavy atom. The first-order chi connectivity index (χ1) is 7.61. The Morgan fingerprint density at radius 2 is 2.00 bits per heavy atom. The van der Waals surface area contributed by atoms with Gasteiger partial charge in [-0.2, -0.15) is 0 Å². The molecule has 0 aliphatic rings. The van der Waals surface area contributed by atoms with Gasteiger partial charge in [-0.05, 0) is 51.9 Å². The van der Waals surface area contributed by atoms with E-state index in [1.165, 1.54) is 0 Å². The average Bonchev–Trinajstić information content (AvgIpc) is 2.10. The van der Waals surface area contributed by atoms with Crippen LogP contribution in [0.15, 0.2) is 11.5 Å². The van der Waals surface area contributed by atoms with Crippen LogP contribution in [0.25, 0.3) is 0 Å². The maximum absolute atomic E-state index is 11.4. The molecule has 17 heavy (non-hydrogen) atoms. The van der Waals surface area contributed by atoms with Crippen molar-refractivity contribution in [2.75, 3.05) is 0 Å². The van der Waals surface area contributed by atoms with Crippen LogP contribution in [-0.4, -0.2) is 27.4 Å². The number of ether oxygens (including phenoxy) is 1. The molecule has 100 valence electrons. The predicted octanol–water partition coefficient (Wildman–Crippen LogP) is 1.72. The summed E-state index contributed by atoms with van der Waals surface area (Å²) in [7, 11) is 0. The smallest absolute Gasteiger partial charge is 0.308 e. The third-order valence-electron chi connectivity index (χ3n) is 1.75. The molecule has 0 radical (unpaired) electrons. The van der Waals surface area contributed by atoms with Crippen molar-refractivity contribution < 1.29 is 14.1 Å². The van der Waals surface area contributed by atoms with Crippen molar-refractivity contribution in [1.29, 1.82) is 0 Å². The lowest BCUT2D eigenvalue weighted by Crippen LogP contribution is -2.29. The summed E-state index contributed by atoms with van der Waals surface area (Å²) in [6.07, 6.45) is 1.70. The van der Waals surface area contributed by atoms with Gasteiger partial charge in [0.25, 0.3) is 0 Å². The van der Waals surface area contributed by atoms with Crippen LogP contribution in [0.4, 0.5) is 0 Å². The number of hydrogen-bond donors (Lipinski definition) is 1. The van der Waals surface area contributed by atoms with Gasteiger partial charge in [0.2, 0.25) is 0 Å². The van der Waals surface area contributed by atoms with E-state index < -0.39 is 22.8 Å². The lowest BCUT2D eigenvalue weighted by Gasteiger charge is -2.20. The molecule has 0 aliphatic heterocycles. The summed E-state index contributed by atoms with van der Waals surface area (Å²) < 4.78 is 16.5. The van der Waals surface area contributed by atoms with Gasteiger partial charge in [-0.25, -0.2) is 0 Å².